The van der Waals surface area contributed by atoms with Gasteiger partial charge < -0.3 is 15.5 Å². The summed E-state index contributed by atoms with van der Waals surface area (Å²) in [6.45, 7) is 1.27. The number of aliphatic hydroxyl groups excluding tert-OH is 2. The average molecular weight is 201 g/mol. The molecule has 3 N–H and O–H groups in total. The van der Waals surface area contributed by atoms with Crippen LogP contribution in [-0.4, -0.2) is 35.5 Å². The van der Waals surface area contributed by atoms with Crippen molar-refractivity contribution in [2.24, 2.45) is 0 Å². The molecule has 0 amide bonds. The molecule has 0 radical (unpaired) electrons. The molecule has 0 aromatic rings. The van der Waals surface area contributed by atoms with E-state index in [1.165, 1.54) is 12.8 Å². The first kappa shape index (κ1) is 12.0. The van der Waals surface area contributed by atoms with Crippen LogP contribution >= 0.6 is 0 Å². The molecule has 0 bridgehead atoms. The van der Waals surface area contributed by atoms with Crippen LogP contribution in [-0.2, 0) is 0 Å². The SMILES string of the molecule is OCCCCCN[C@H]1CCCC[C@@H]1O. The summed E-state index contributed by atoms with van der Waals surface area (Å²) in [6, 6.07) is 0.317. The van der Waals surface area contributed by atoms with Gasteiger partial charge in [0.05, 0.1) is 6.10 Å². The number of hydrogen-bond acceptors (Lipinski definition) is 3. The van der Waals surface area contributed by atoms with Gasteiger partial charge in [0.2, 0.25) is 0 Å². The van der Waals surface area contributed by atoms with Crippen molar-refractivity contribution in [2.45, 2.75) is 57.1 Å². The highest BCUT2D eigenvalue weighted by molar-refractivity contribution is 4.79. The number of hydrogen-bond donors (Lipinski definition) is 3. The van der Waals surface area contributed by atoms with Crippen molar-refractivity contribution in [2.75, 3.05) is 13.2 Å². The van der Waals surface area contributed by atoms with Crippen molar-refractivity contribution in [1.82, 2.24) is 5.32 Å². The maximum Gasteiger partial charge on any atom is 0.0693 e. The Hall–Kier alpha value is -0.120. The van der Waals surface area contributed by atoms with Crippen LogP contribution in [0.1, 0.15) is 44.9 Å². The molecule has 0 aliphatic heterocycles. The lowest BCUT2D eigenvalue weighted by atomic mass is 9.92. The monoisotopic (exact) mass is 201 g/mol. The first-order chi connectivity index (χ1) is 6.84. The lowest BCUT2D eigenvalue weighted by molar-refractivity contribution is 0.0909. The predicted octanol–water partition coefficient (Wildman–Crippen LogP) is 1.04. The molecule has 1 aliphatic rings. The summed E-state index contributed by atoms with van der Waals surface area (Å²) < 4.78 is 0. The molecule has 14 heavy (non-hydrogen) atoms. The van der Waals surface area contributed by atoms with Crippen LogP contribution in [0.4, 0.5) is 0 Å². The van der Waals surface area contributed by atoms with Crippen LogP contribution in [0.2, 0.25) is 0 Å². The standard InChI is InChI=1S/C11H23NO2/c13-9-5-1-4-8-12-10-6-2-3-7-11(10)14/h10-14H,1-9H2/t10-,11-/m0/s1. The van der Waals surface area contributed by atoms with E-state index in [-0.39, 0.29) is 6.10 Å². The normalized spacial score (nSPS) is 27.9. The van der Waals surface area contributed by atoms with E-state index in [0.29, 0.717) is 12.6 Å². The Bertz CT molecular complexity index is 141. The molecule has 1 fully saturated rings. The summed E-state index contributed by atoms with van der Waals surface area (Å²) in [7, 11) is 0. The maximum absolute atomic E-state index is 9.67. The third-order valence-electron chi connectivity index (χ3n) is 2.97. The van der Waals surface area contributed by atoms with E-state index in [2.05, 4.69) is 5.32 Å². The Labute approximate surface area is 86.5 Å². The molecule has 0 unspecified atom stereocenters. The van der Waals surface area contributed by atoms with Gasteiger partial charge in [-0.1, -0.05) is 12.8 Å². The van der Waals surface area contributed by atoms with Gasteiger partial charge in [0.1, 0.15) is 0 Å². The van der Waals surface area contributed by atoms with E-state index >= 15 is 0 Å². The minimum atomic E-state index is -0.137. The lowest BCUT2D eigenvalue weighted by Gasteiger charge is -2.28. The maximum atomic E-state index is 9.67. The van der Waals surface area contributed by atoms with Gasteiger partial charge in [-0.05, 0) is 38.6 Å². The second-order valence-corrected chi connectivity index (χ2v) is 4.20. The van der Waals surface area contributed by atoms with Crippen LogP contribution in [0.5, 0.6) is 0 Å². The van der Waals surface area contributed by atoms with Gasteiger partial charge in [-0.2, -0.15) is 0 Å². The molecule has 0 aromatic heterocycles. The van der Waals surface area contributed by atoms with Crippen LogP contribution in [0.15, 0.2) is 0 Å². The fraction of sp³-hybridized carbons (Fsp3) is 1.00. The van der Waals surface area contributed by atoms with Crippen molar-refractivity contribution in [3.05, 3.63) is 0 Å². The summed E-state index contributed by atoms with van der Waals surface area (Å²) in [6.07, 6.45) is 7.41. The Morgan fingerprint density at radius 2 is 1.86 bits per heavy atom. The highest BCUT2D eigenvalue weighted by Gasteiger charge is 2.21. The molecule has 0 aromatic carbocycles. The molecule has 2 atom stereocenters. The van der Waals surface area contributed by atoms with E-state index in [9.17, 15) is 5.11 Å². The molecule has 1 aliphatic carbocycles. The average Bonchev–Trinajstić information content (AvgIpc) is 2.20. The molecule has 3 heteroatoms. The summed E-state index contributed by atoms with van der Waals surface area (Å²) in [5, 5.41) is 21.7. The minimum Gasteiger partial charge on any atom is -0.396 e. The van der Waals surface area contributed by atoms with E-state index in [4.69, 9.17) is 5.11 Å². The van der Waals surface area contributed by atoms with Crippen molar-refractivity contribution < 1.29 is 10.2 Å². The fourth-order valence-corrected chi connectivity index (χ4v) is 2.05. The summed E-state index contributed by atoms with van der Waals surface area (Å²) in [4.78, 5) is 0. The zero-order chi connectivity index (χ0) is 10.2. The Morgan fingerprint density at radius 3 is 2.57 bits per heavy atom. The second kappa shape index (κ2) is 7.21. The second-order valence-electron chi connectivity index (χ2n) is 4.20. The summed E-state index contributed by atoms with van der Waals surface area (Å²) in [5.41, 5.74) is 0. The van der Waals surface area contributed by atoms with Crippen molar-refractivity contribution in [3.63, 3.8) is 0 Å². The summed E-state index contributed by atoms with van der Waals surface area (Å²) >= 11 is 0. The van der Waals surface area contributed by atoms with Gasteiger partial charge in [-0.15, -0.1) is 0 Å². The van der Waals surface area contributed by atoms with Crippen LogP contribution in [0.25, 0.3) is 0 Å². The van der Waals surface area contributed by atoms with Crippen molar-refractivity contribution in [1.29, 1.82) is 0 Å². The zero-order valence-corrected chi connectivity index (χ0v) is 8.91. The molecular formula is C11H23NO2. The van der Waals surface area contributed by atoms with Gasteiger partial charge in [-0.3, -0.25) is 0 Å². The summed E-state index contributed by atoms with van der Waals surface area (Å²) in [5.74, 6) is 0. The van der Waals surface area contributed by atoms with Crippen LogP contribution < -0.4 is 5.32 Å². The zero-order valence-electron chi connectivity index (χ0n) is 8.91. The van der Waals surface area contributed by atoms with E-state index in [0.717, 1.165) is 38.6 Å². The van der Waals surface area contributed by atoms with Gasteiger partial charge >= 0.3 is 0 Å². The topological polar surface area (TPSA) is 52.5 Å². The minimum absolute atomic E-state index is 0.137. The molecule has 1 rings (SSSR count). The van der Waals surface area contributed by atoms with Gasteiger partial charge in [-0.25, -0.2) is 0 Å². The molecule has 0 heterocycles. The number of nitrogens with one attached hydrogen (secondary N) is 1. The Kier molecular flexibility index (Phi) is 6.15. The van der Waals surface area contributed by atoms with Crippen LogP contribution in [0, 0.1) is 0 Å². The Balaban J connectivity index is 1.99. The van der Waals surface area contributed by atoms with E-state index < -0.39 is 0 Å². The lowest BCUT2D eigenvalue weighted by Crippen LogP contribution is -2.42. The van der Waals surface area contributed by atoms with E-state index in [1.807, 2.05) is 0 Å². The van der Waals surface area contributed by atoms with Gasteiger partial charge in [0.15, 0.2) is 0 Å². The predicted molar refractivity (Wildman–Crippen MR) is 57.2 cm³/mol. The third-order valence-corrected chi connectivity index (χ3v) is 2.97. The number of unbranched alkanes of at least 4 members (excludes halogenated alkanes) is 2. The van der Waals surface area contributed by atoms with Crippen LogP contribution in [0.3, 0.4) is 0 Å². The Morgan fingerprint density at radius 1 is 1.07 bits per heavy atom. The molecule has 3 nitrogen and oxygen atoms in total. The molecular weight excluding hydrogens is 178 g/mol. The van der Waals surface area contributed by atoms with E-state index in [1.54, 1.807) is 0 Å². The quantitative estimate of drug-likeness (QED) is 0.563. The molecule has 84 valence electrons. The molecule has 0 spiro atoms. The first-order valence-corrected chi connectivity index (χ1v) is 5.87. The highest BCUT2D eigenvalue weighted by Crippen LogP contribution is 2.18. The van der Waals surface area contributed by atoms with Crippen molar-refractivity contribution >= 4 is 0 Å². The number of rotatable bonds is 6. The molecule has 0 saturated heterocycles. The van der Waals surface area contributed by atoms with Crippen molar-refractivity contribution in [3.8, 4) is 0 Å². The third kappa shape index (κ3) is 4.40. The highest BCUT2D eigenvalue weighted by atomic mass is 16.3. The first-order valence-electron chi connectivity index (χ1n) is 5.87. The smallest absolute Gasteiger partial charge is 0.0693 e. The molecule has 1 saturated carbocycles. The number of aliphatic hydroxyl groups is 2. The largest absolute Gasteiger partial charge is 0.396 e. The fourth-order valence-electron chi connectivity index (χ4n) is 2.05. The van der Waals surface area contributed by atoms with Gasteiger partial charge in [0.25, 0.3) is 0 Å². The van der Waals surface area contributed by atoms with Gasteiger partial charge in [0, 0.05) is 12.6 Å².